The molecular formula is C17H12ClN5O5. The van der Waals surface area contributed by atoms with Gasteiger partial charge in [0, 0.05) is 17.7 Å². The molecular weight excluding hydrogens is 390 g/mol. The summed E-state index contributed by atoms with van der Waals surface area (Å²) >= 11 is 5.47. The maximum atomic E-state index is 12.5. The number of alkyl halides is 1. The molecule has 10 nitrogen and oxygen atoms in total. The summed E-state index contributed by atoms with van der Waals surface area (Å²) in [6.45, 7) is 0. The van der Waals surface area contributed by atoms with Crippen LogP contribution in [0.2, 0.25) is 0 Å². The van der Waals surface area contributed by atoms with Crippen LogP contribution in [0.3, 0.4) is 0 Å². The number of rotatable bonds is 6. The Bertz CT molecular complexity index is 1030. The Morgan fingerprint density at radius 3 is 2.46 bits per heavy atom. The molecule has 3 aromatic rings. The Labute approximate surface area is 162 Å². The maximum absolute atomic E-state index is 12.5. The molecule has 28 heavy (non-hydrogen) atoms. The molecule has 3 rings (SSSR count). The maximum Gasteiger partial charge on any atom is 0.322 e. The van der Waals surface area contributed by atoms with E-state index in [2.05, 4.69) is 20.8 Å². The van der Waals surface area contributed by atoms with Crippen LogP contribution in [0, 0.1) is 10.1 Å². The number of nitrogens with zero attached hydrogens (tertiary/aromatic N) is 3. The van der Waals surface area contributed by atoms with Gasteiger partial charge in [0.25, 0.3) is 11.6 Å². The summed E-state index contributed by atoms with van der Waals surface area (Å²) in [7, 11) is 0. The van der Waals surface area contributed by atoms with Crippen molar-refractivity contribution in [3.8, 4) is 11.5 Å². The highest BCUT2D eigenvalue weighted by Gasteiger charge is 2.17. The number of nitrogens with one attached hydrogen (secondary N) is 2. The van der Waals surface area contributed by atoms with Gasteiger partial charge in [-0.1, -0.05) is 17.2 Å². The number of benzene rings is 2. The van der Waals surface area contributed by atoms with Gasteiger partial charge in [0.2, 0.25) is 11.8 Å². The molecule has 0 saturated carbocycles. The fourth-order valence-corrected chi connectivity index (χ4v) is 2.32. The van der Waals surface area contributed by atoms with Gasteiger partial charge in [-0.2, -0.15) is 0 Å². The predicted octanol–water partition coefficient (Wildman–Crippen LogP) is 3.07. The molecule has 2 N–H and O–H groups in total. The molecule has 0 aliphatic rings. The van der Waals surface area contributed by atoms with Crippen molar-refractivity contribution in [3.63, 3.8) is 0 Å². The smallest absolute Gasteiger partial charge is 0.322 e. The summed E-state index contributed by atoms with van der Waals surface area (Å²) in [5.74, 6) is -1.21. The number of nitro benzene ring substituents is 1. The molecule has 0 atom stereocenters. The molecule has 142 valence electrons. The van der Waals surface area contributed by atoms with Crippen LogP contribution in [0.5, 0.6) is 0 Å². The van der Waals surface area contributed by atoms with E-state index in [0.717, 1.165) is 0 Å². The molecule has 0 unspecified atom stereocenters. The summed E-state index contributed by atoms with van der Waals surface area (Å²) in [6.07, 6.45) is 0. The molecule has 2 aromatic carbocycles. The topological polar surface area (TPSA) is 140 Å². The lowest BCUT2D eigenvalue weighted by atomic mass is 10.1. The van der Waals surface area contributed by atoms with Gasteiger partial charge >= 0.3 is 6.01 Å². The van der Waals surface area contributed by atoms with Crippen LogP contribution in [0.1, 0.15) is 10.4 Å². The number of aromatic nitrogens is 2. The van der Waals surface area contributed by atoms with Crippen LogP contribution >= 0.6 is 11.6 Å². The fraction of sp³-hybridized carbons (Fsp3) is 0.0588. The molecule has 0 radical (unpaired) electrons. The van der Waals surface area contributed by atoms with Crippen LogP contribution in [0.25, 0.3) is 11.5 Å². The minimum absolute atomic E-state index is 0.0765. The van der Waals surface area contributed by atoms with Gasteiger partial charge < -0.3 is 9.73 Å². The summed E-state index contributed by atoms with van der Waals surface area (Å²) in [4.78, 5) is 34.1. The van der Waals surface area contributed by atoms with Gasteiger partial charge in [-0.15, -0.1) is 16.7 Å². The van der Waals surface area contributed by atoms with Crippen LogP contribution in [0.15, 0.2) is 52.9 Å². The molecule has 0 spiro atoms. The van der Waals surface area contributed by atoms with E-state index < -0.39 is 16.7 Å². The van der Waals surface area contributed by atoms with Crippen molar-refractivity contribution >= 4 is 40.8 Å². The number of carbonyl (C=O) groups excluding carboxylic acids is 2. The zero-order valence-electron chi connectivity index (χ0n) is 14.1. The second-order valence-electron chi connectivity index (χ2n) is 5.40. The van der Waals surface area contributed by atoms with Gasteiger partial charge in [0.15, 0.2) is 0 Å². The second kappa shape index (κ2) is 8.27. The second-order valence-corrected chi connectivity index (χ2v) is 5.67. The number of amides is 2. The standard InChI is InChI=1S/C17H12ClN5O5/c18-9-14(24)19-13-4-2-1-3-12(13)15(25)20-17-22-21-16(28-17)10-5-7-11(8-6-10)23(26)27/h1-8H,9H2,(H,19,24)(H,20,22,25). The Morgan fingerprint density at radius 2 is 1.79 bits per heavy atom. The number of carbonyl (C=O) groups is 2. The molecule has 11 heteroatoms. The molecule has 0 aliphatic heterocycles. The Hall–Kier alpha value is -3.79. The van der Waals surface area contributed by atoms with Gasteiger partial charge in [-0.25, -0.2) is 0 Å². The number of para-hydroxylation sites is 1. The van der Waals surface area contributed by atoms with E-state index in [1.165, 1.54) is 30.3 Å². The lowest BCUT2D eigenvalue weighted by Crippen LogP contribution is -2.18. The molecule has 1 heterocycles. The van der Waals surface area contributed by atoms with Crippen molar-refractivity contribution in [2.24, 2.45) is 0 Å². The van der Waals surface area contributed by atoms with E-state index in [1.807, 2.05) is 0 Å². The molecule has 0 bridgehead atoms. The van der Waals surface area contributed by atoms with Crippen molar-refractivity contribution in [2.45, 2.75) is 0 Å². The first-order valence-corrected chi connectivity index (χ1v) is 8.36. The molecule has 0 aliphatic carbocycles. The van der Waals surface area contributed by atoms with Crippen molar-refractivity contribution in [1.29, 1.82) is 0 Å². The van der Waals surface area contributed by atoms with Crippen LogP contribution in [-0.4, -0.2) is 32.8 Å². The Balaban J connectivity index is 1.76. The van der Waals surface area contributed by atoms with Crippen molar-refractivity contribution in [1.82, 2.24) is 10.2 Å². The van der Waals surface area contributed by atoms with Gasteiger partial charge in [-0.05, 0) is 24.3 Å². The number of non-ortho nitro benzene ring substituents is 1. The third-order valence-corrected chi connectivity index (χ3v) is 3.78. The van der Waals surface area contributed by atoms with Crippen molar-refractivity contribution < 1.29 is 18.9 Å². The SMILES string of the molecule is O=C(CCl)Nc1ccccc1C(=O)Nc1nnc(-c2ccc([N+](=O)[O-])cc2)o1. The first-order valence-electron chi connectivity index (χ1n) is 7.82. The first kappa shape index (κ1) is 19.0. The lowest BCUT2D eigenvalue weighted by Gasteiger charge is -2.08. The van der Waals surface area contributed by atoms with E-state index in [0.29, 0.717) is 5.56 Å². The van der Waals surface area contributed by atoms with Gasteiger partial charge in [-0.3, -0.25) is 25.0 Å². The summed E-state index contributed by atoms with van der Waals surface area (Å²) in [5.41, 5.74) is 0.831. The number of hydrogen-bond acceptors (Lipinski definition) is 7. The zero-order valence-corrected chi connectivity index (χ0v) is 14.8. The van der Waals surface area contributed by atoms with Crippen molar-refractivity contribution in [2.75, 3.05) is 16.5 Å². The predicted molar refractivity (Wildman–Crippen MR) is 100 cm³/mol. The molecule has 0 saturated heterocycles. The lowest BCUT2D eigenvalue weighted by molar-refractivity contribution is -0.384. The van der Waals surface area contributed by atoms with Crippen LogP contribution in [0.4, 0.5) is 17.4 Å². The minimum Gasteiger partial charge on any atom is -0.403 e. The van der Waals surface area contributed by atoms with E-state index in [-0.39, 0.29) is 34.7 Å². The average Bonchev–Trinajstić information content (AvgIpc) is 3.16. The number of nitro groups is 1. The fourth-order valence-electron chi connectivity index (χ4n) is 2.25. The Kier molecular flexibility index (Phi) is 5.61. The summed E-state index contributed by atoms with van der Waals surface area (Å²) in [5, 5.41) is 23.2. The first-order chi connectivity index (χ1) is 13.5. The monoisotopic (exact) mass is 401 g/mol. The van der Waals surface area contributed by atoms with Gasteiger partial charge in [0.05, 0.1) is 16.2 Å². The quantitative estimate of drug-likeness (QED) is 0.367. The van der Waals surface area contributed by atoms with Crippen molar-refractivity contribution in [3.05, 3.63) is 64.2 Å². The summed E-state index contributed by atoms with van der Waals surface area (Å²) < 4.78 is 5.37. The molecule has 2 amide bonds. The van der Waals surface area contributed by atoms with E-state index in [9.17, 15) is 19.7 Å². The Morgan fingerprint density at radius 1 is 1.07 bits per heavy atom. The average molecular weight is 402 g/mol. The number of halogens is 1. The largest absolute Gasteiger partial charge is 0.403 e. The highest BCUT2D eigenvalue weighted by molar-refractivity contribution is 6.29. The number of hydrogen-bond donors (Lipinski definition) is 2. The minimum atomic E-state index is -0.579. The van der Waals surface area contributed by atoms with E-state index in [4.69, 9.17) is 16.0 Å². The molecule has 0 fully saturated rings. The van der Waals surface area contributed by atoms with E-state index >= 15 is 0 Å². The van der Waals surface area contributed by atoms with Crippen LogP contribution in [-0.2, 0) is 4.79 Å². The third-order valence-electron chi connectivity index (χ3n) is 3.54. The zero-order chi connectivity index (χ0) is 20.1. The normalized spacial score (nSPS) is 10.3. The highest BCUT2D eigenvalue weighted by atomic mass is 35.5. The summed E-state index contributed by atoms with van der Waals surface area (Å²) in [6, 6.07) is 11.7. The molecule has 1 aromatic heterocycles. The third kappa shape index (κ3) is 4.30. The van der Waals surface area contributed by atoms with Gasteiger partial charge in [0.1, 0.15) is 5.88 Å². The van der Waals surface area contributed by atoms with E-state index in [1.54, 1.807) is 18.2 Å². The highest BCUT2D eigenvalue weighted by Crippen LogP contribution is 2.23. The van der Waals surface area contributed by atoms with Crippen LogP contribution < -0.4 is 10.6 Å². The number of anilines is 2.